The second kappa shape index (κ2) is 9.68. The molecule has 6 nitrogen and oxygen atoms in total. The number of alkyl halides is 2. The van der Waals surface area contributed by atoms with E-state index in [1.165, 1.54) is 23.1 Å². The Morgan fingerprint density at radius 3 is 2.29 bits per heavy atom. The van der Waals surface area contributed by atoms with Crippen LogP contribution in [0.2, 0.25) is 0 Å². The first-order chi connectivity index (χ1) is 13.3. The van der Waals surface area contributed by atoms with Crippen molar-refractivity contribution in [2.45, 2.75) is 26.5 Å². The molecule has 0 aliphatic rings. The van der Waals surface area contributed by atoms with Crippen LogP contribution in [-0.4, -0.2) is 42.1 Å². The monoisotopic (exact) mass is 393 g/mol. The zero-order chi connectivity index (χ0) is 20.7. The predicted octanol–water partition coefficient (Wildman–Crippen LogP) is 3.59. The molecule has 0 saturated carbocycles. The summed E-state index contributed by atoms with van der Waals surface area (Å²) < 4.78 is 34.7. The minimum atomic E-state index is -2.96. The van der Waals surface area contributed by atoms with E-state index < -0.39 is 12.6 Å². The standard InChI is InChI=1S/C20H21F2NO5/c1-3-27-17-10-14(6-9-16(17)28-20(21)22)12-23(2)18(24)11-13-4-7-15(8-5-13)19(25)26/h4-10,20H,3,11-12H2,1-2H3,(H,25,26). The average Bonchev–Trinajstić information content (AvgIpc) is 2.64. The number of hydrogen-bond acceptors (Lipinski definition) is 4. The van der Waals surface area contributed by atoms with Crippen LogP contribution in [0, 0.1) is 0 Å². The van der Waals surface area contributed by atoms with E-state index in [0.29, 0.717) is 11.1 Å². The molecule has 1 amide bonds. The van der Waals surface area contributed by atoms with Crippen LogP contribution < -0.4 is 9.47 Å². The van der Waals surface area contributed by atoms with Gasteiger partial charge in [0.15, 0.2) is 11.5 Å². The van der Waals surface area contributed by atoms with E-state index in [9.17, 15) is 18.4 Å². The number of carboxylic acids is 1. The minimum absolute atomic E-state index is 0.0619. The Morgan fingerprint density at radius 1 is 1.07 bits per heavy atom. The van der Waals surface area contributed by atoms with E-state index >= 15 is 0 Å². The summed E-state index contributed by atoms with van der Waals surface area (Å²) in [6.07, 6.45) is 0.112. The van der Waals surface area contributed by atoms with E-state index in [4.69, 9.17) is 9.84 Å². The second-order valence-electron chi connectivity index (χ2n) is 6.02. The van der Waals surface area contributed by atoms with Crippen LogP contribution in [-0.2, 0) is 17.8 Å². The van der Waals surface area contributed by atoms with Crippen molar-refractivity contribution in [3.63, 3.8) is 0 Å². The summed E-state index contributed by atoms with van der Waals surface area (Å²) >= 11 is 0. The number of carbonyl (C=O) groups excluding carboxylic acids is 1. The summed E-state index contributed by atoms with van der Waals surface area (Å²) in [6, 6.07) is 10.6. The summed E-state index contributed by atoms with van der Waals surface area (Å²) in [6.45, 7) is -0.697. The molecule has 0 aliphatic carbocycles. The summed E-state index contributed by atoms with van der Waals surface area (Å²) in [5, 5.41) is 8.90. The summed E-state index contributed by atoms with van der Waals surface area (Å²) in [5.41, 5.74) is 1.54. The Labute approximate surface area is 161 Å². The summed E-state index contributed by atoms with van der Waals surface area (Å²) in [7, 11) is 1.62. The lowest BCUT2D eigenvalue weighted by molar-refractivity contribution is -0.129. The molecule has 150 valence electrons. The number of rotatable bonds is 9. The molecule has 0 heterocycles. The van der Waals surface area contributed by atoms with Crippen molar-refractivity contribution in [3.8, 4) is 11.5 Å². The third kappa shape index (κ3) is 5.94. The van der Waals surface area contributed by atoms with Gasteiger partial charge in [-0.25, -0.2) is 4.79 Å². The fourth-order valence-corrected chi connectivity index (χ4v) is 2.55. The second-order valence-corrected chi connectivity index (χ2v) is 6.02. The van der Waals surface area contributed by atoms with Gasteiger partial charge in [0.2, 0.25) is 5.91 Å². The van der Waals surface area contributed by atoms with Gasteiger partial charge in [0.05, 0.1) is 18.6 Å². The van der Waals surface area contributed by atoms with E-state index in [2.05, 4.69) is 4.74 Å². The zero-order valence-electron chi connectivity index (χ0n) is 15.5. The molecule has 0 saturated heterocycles. The Hall–Kier alpha value is -3.16. The maximum Gasteiger partial charge on any atom is 0.387 e. The highest BCUT2D eigenvalue weighted by Gasteiger charge is 2.15. The number of halogens is 2. The first-order valence-corrected chi connectivity index (χ1v) is 8.57. The maximum absolute atomic E-state index is 12.5. The number of hydrogen-bond donors (Lipinski definition) is 1. The molecular weight excluding hydrogens is 372 g/mol. The van der Waals surface area contributed by atoms with Crippen molar-refractivity contribution in [2.24, 2.45) is 0 Å². The van der Waals surface area contributed by atoms with Gasteiger partial charge in [-0.15, -0.1) is 0 Å². The van der Waals surface area contributed by atoms with Crippen molar-refractivity contribution >= 4 is 11.9 Å². The van der Waals surface area contributed by atoms with Crippen LogP contribution in [0.1, 0.15) is 28.4 Å². The first-order valence-electron chi connectivity index (χ1n) is 8.57. The minimum Gasteiger partial charge on any atom is -0.490 e. The number of nitrogens with zero attached hydrogens (tertiary/aromatic N) is 1. The Bertz CT molecular complexity index is 824. The first kappa shape index (κ1) is 21.1. The molecule has 0 aliphatic heterocycles. The molecule has 1 N–H and O–H groups in total. The fourth-order valence-electron chi connectivity index (χ4n) is 2.55. The third-order valence-electron chi connectivity index (χ3n) is 3.93. The molecule has 2 aromatic rings. The van der Waals surface area contributed by atoms with Gasteiger partial charge < -0.3 is 19.5 Å². The lowest BCUT2D eigenvalue weighted by Crippen LogP contribution is -2.27. The third-order valence-corrected chi connectivity index (χ3v) is 3.93. The smallest absolute Gasteiger partial charge is 0.387 e. The zero-order valence-corrected chi connectivity index (χ0v) is 15.5. The topological polar surface area (TPSA) is 76.1 Å². The van der Waals surface area contributed by atoms with Crippen LogP contribution in [0.3, 0.4) is 0 Å². The van der Waals surface area contributed by atoms with Crippen molar-refractivity contribution in [1.82, 2.24) is 4.90 Å². The molecule has 0 radical (unpaired) electrons. The van der Waals surface area contributed by atoms with Gasteiger partial charge in [-0.1, -0.05) is 18.2 Å². The van der Waals surface area contributed by atoms with Gasteiger partial charge in [-0.2, -0.15) is 8.78 Å². The number of likely N-dealkylation sites (N-methyl/N-ethyl adjacent to an activating group) is 1. The van der Waals surface area contributed by atoms with E-state index in [1.54, 1.807) is 38.2 Å². The van der Waals surface area contributed by atoms with Gasteiger partial charge in [0.25, 0.3) is 0 Å². The number of aromatic carboxylic acids is 1. The Balaban J connectivity index is 2.04. The largest absolute Gasteiger partial charge is 0.490 e. The highest BCUT2D eigenvalue weighted by molar-refractivity contribution is 5.87. The van der Waals surface area contributed by atoms with Crippen LogP contribution in [0.15, 0.2) is 42.5 Å². The van der Waals surface area contributed by atoms with Gasteiger partial charge in [0.1, 0.15) is 0 Å². The highest BCUT2D eigenvalue weighted by Crippen LogP contribution is 2.30. The molecule has 0 atom stereocenters. The van der Waals surface area contributed by atoms with Crippen molar-refractivity contribution < 1.29 is 33.0 Å². The normalized spacial score (nSPS) is 10.6. The van der Waals surface area contributed by atoms with Gasteiger partial charge in [-0.05, 0) is 42.3 Å². The molecule has 2 rings (SSSR count). The lowest BCUT2D eigenvalue weighted by atomic mass is 10.1. The number of carbonyl (C=O) groups is 2. The van der Waals surface area contributed by atoms with Crippen molar-refractivity contribution in [2.75, 3.05) is 13.7 Å². The van der Waals surface area contributed by atoms with Crippen LogP contribution in [0.5, 0.6) is 11.5 Å². The van der Waals surface area contributed by atoms with Crippen molar-refractivity contribution in [3.05, 3.63) is 59.2 Å². The van der Waals surface area contributed by atoms with E-state index in [1.807, 2.05) is 0 Å². The summed E-state index contributed by atoms with van der Waals surface area (Å²) in [4.78, 5) is 24.8. The SMILES string of the molecule is CCOc1cc(CN(C)C(=O)Cc2ccc(C(=O)O)cc2)ccc1OC(F)F. The highest BCUT2D eigenvalue weighted by atomic mass is 19.3. The average molecular weight is 393 g/mol. The molecule has 28 heavy (non-hydrogen) atoms. The number of amides is 1. The Kier molecular flexibility index (Phi) is 7.31. The van der Waals surface area contributed by atoms with E-state index in [-0.39, 0.29) is 42.5 Å². The van der Waals surface area contributed by atoms with Gasteiger partial charge in [0, 0.05) is 13.6 Å². The molecular formula is C20H21F2NO5. The molecule has 0 unspecified atom stereocenters. The summed E-state index contributed by atoms with van der Waals surface area (Å²) in [5.74, 6) is -1.08. The molecule has 2 aromatic carbocycles. The van der Waals surface area contributed by atoms with Crippen LogP contribution in [0.25, 0.3) is 0 Å². The Morgan fingerprint density at radius 2 is 1.71 bits per heavy atom. The fraction of sp³-hybridized carbons (Fsp3) is 0.300. The van der Waals surface area contributed by atoms with Gasteiger partial charge in [-0.3, -0.25) is 4.79 Å². The number of ether oxygens (including phenoxy) is 2. The van der Waals surface area contributed by atoms with Crippen molar-refractivity contribution in [1.29, 1.82) is 0 Å². The molecule has 8 heteroatoms. The predicted molar refractivity (Wildman–Crippen MR) is 97.8 cm³/mol. The number of benzene rings is 2. The molecule has 0 fully saturated rings. The molecule has 0 aromatic heterocycles. The quantitative estimate of drug-likeness (QED) is 0.705. The van der Waals surface area contributed by atoms with E-state index in [0.717, 1.165) is 0 Å². The maximum atomic E-state index is 12.5. The number of carboxylic acid groups (broad SMARTS) is 1. The molecule has 0 spiro atoms. The van der Waals surface area contributed by atoms with Gasteiger partial charge >= 0.3 is 12.6 Å². The molecule has 0 bridgehead atoms. The van der Waals surface area contributed by atoms with Crippen LogP contribution in [0.4, 0.5) is 8.78 Å². The van der Waals surface area contributed by atoms with Crippen LogP contribution >= 0.6 is 0 Å². The lowest BCUT2D eigenvalue weighted by Gasteiger charge is -2.19.